The zero-order valence-corrected chi connectivity index (χ0v) is 12.4. The molecule has 0 heterocycles. The van der Waals surface area contributed by atoms with E-state index in [0.29, 0.717) is 0 Å². The van der Waals surface area contributed by atoms with Crippen LogP contribution in [0, 0.1) is 0 Å². The maximum atomic E-state index is 9.44. The standard InChI is InChI=1S/C3H6O.3HI.V/c1-3(2)4;;;;/h1-2H3;3*1H;/q;;;;+3/p-3. The third kappa shape index (κ3) is 78.3. The minimum absolute atomic E-state index is 0.167. The molecule has 5 heteroatoms. The number of carbonyl (C=O) groups is 1. The van der Waals surface area contributed by atoms with Gasteiger partial charge in [-0.3, -0.25) is 0 Å². The normalized spacial score (nSPS) is 7.75. The molecule has 0 aromatic heterocycles. The Morgan fingerprint density at radius 2 is 1.25 bits per heavy atom. The van der Waals surface area contributed by atoms with Crippen molar-refractivity contribution in [2.45, 2.75) is 13.8 Å². The third-order valence-electron chi connectivity index (χ3n) is 0. The molecule has 0 saturated carbocycles. The van der Waals surface area contributed by atoms with Gasteiger partial charge in [-0.05, 0) is 13.8 Å². The number of ketones is 1. The van der Waals surface area contributed by atoms with Gasteiger partial charge >= 0.3 is 64.9 Å². The maximum absolute atomic E-state index is 9.44. The molecular weight excluding hydrogens is 484 g/mol. The van der Waals surface area contributed by atoms with Gasteiger partial charge in [-0.15, -0.1) is 0 Å². The summed E-state index contributed by atoms with van der Waals surface area (Å²) in [6.45, 7) is 3.06. The van der Waals surface area contributed by atoms with Crippen molar-refractivity contribution in [3.8, 4) is 0 Å². The Bertz CT molecular complexity index is 58.8. The predicted molar refractivity (Wildman–Crippen MR) is 58.4 cm³/mol. The molecule has 0 amide bonds. The van der Waals surface area contributed by atoms with E-state index in [1.807, 2.05) is 0 Å². The molecule has 0 N–H and O–H groups in total. The van der Waals surface area contributed by atoms with Gasteiger partial charge in [-0.1, -0.05) is 0 Å². The summed E-state index contributed by atoms with van der Waals surface area (Å²) < 4.78 is 0. The van der Waals surface area contributed by atoms with Crippen molar-refractivity contribution < 1.29 is 9.72 Å². The quantitative estimate of drug-likeness (QED) is 0.478. The Kier molecular flexibility index (Phi) is 15.4. The molecule has 0 saturated heterocycles. The first-order valence-electron chi connectivity index (χ1n) is 1.71. The van der Waals surface area contributed by atoms with Crippen molar-refractivity contribution in [3.63, 3.8) is 0 Å². The molecule has 0 aliphatic heterocycles. The first kappa shape index (κ1) is 13.1. The van der Waals surface area contributed by atoms with E-state index in [0.717, 1.165) is 0 Å². The Hall–Kier alpha value is 2.44. The van der Waals surface area contributed by atoms with Gasteiger partial charge in [0.15, 0.2) is 0 Å². The number of Topliss-reactive ketones (excluding diaryl/α,β-unsaturated/α-hetero) is 1. The molecule has 50 valence electrons. The molecule has 1 nitrogen and oxygen atoms in total. The van der Waals surface area contributed by atoms with Crippen LogP contribution in [0.1, 0.15) is 13.8 Å². The molecule has 0 radical (unpaired) electrons. The Labute approximate surface area is 87.4 Å². The molecule has 8 heavy (non-hydrogen) atoms. The van der Waals surface area contributed by atoms with Crippen LogP contribution < -0.4 is 0 Å². The van der Waals surface area contributed by atoms with Gasteiger partial charge < -0.3 is 4.79 Å². The van der Waals surface area contributed by atoms with E-state index in [1.54, 1.807) is 0 Å². The summed E-state index contributed by atoms with van der Waals surface area (Å²) in [4.78, 5) is 9.17. The van der Waals surface area contributed by atoms with Gasteiger partial charge in [-0.2, -0.15) is 0 Å². The summed E-state index contributed by atoms with van der Waals surface area (Å²) in [7, 11) is 0. The zero-order valence-electron chi connectivity index (χ0n) is 4.49. The second kappa shape index (κ2) is 9.44. The first-order valence-corrected chi connectivity index (χ1v) is 15.2. The van der Waals surface area contributed by atoms with Crippen molar-refractivity contribution in [1.29, 1.82) is 0 Å². The van der Waals surface area contributed by atoms with Gasteiger partial charge in [0.1, 0.15) is 5.78 Å². The van der Waals surface area contributed by atoms with E-state index in [9.17, 15) is 4.79 Å². The number of halogens is 3. The number of hydrogen-bond donors (Lipinski definition) is 0. The van der Waals surface area contributed by atoms with Gasteiger partial charge in [-0.25, -0.2) is 0 Å². The summed E-state index contributed by atoms with van der Waals surface area (Å²) in [5.41, 5.74) is 0. The van der Waals surface area contributed by atoms with Gasteiger partial charge in [0.05, 0.1) is 0 Å². The fourth-order valence-electron chi connectivity index (χ4n) is 0. The first-order chi connectivity index (χ1) is 3.46. The van der Waals surface area contributed by atoms with Crippen LogP contribution in [0.15, 0.2) is 0 Å². The second-order valence-electron chi connectivity index (χ2n) is 1.10. The number of hydrogen-bond acceptors (Lipinski definition) is 1. The Morgan fingerprint density at radius 1 is 1.25 bits per heavy atom. The van der Waals surface area contributed by atoms with Crippen LogP contribution in [-0.2, 0) is 9.72 Å². The van der Waals surface area contributed by atoms with Crippen molar-refractivity contribution >= 4 is 65.7 Å². The van der Waals surface area contributed by atoms with E-state index in [-0.39, 0.29) is 10.7 Å². The van der Waals surface area contributed by atoms with E-state index in [2.05, 4.69) is 59.9 Å². The molecule has 0 rings (SSSR count). The molecule has 0 aliphatic carbocycles. The van der Waals surface area contributed by atoms with Crippen LogP contribution in [0.3, 0.4) is 0 Å². The monoisotopic (exact) mass is 490 g/mol. The molecule has 0 bridgehead atoms. The van der Waals surface area contributed by atoms with Crippen molar-refractivity contribution in [1.82, 2.24) is 0 Å². The van der Waals surface area contributed by atoms with Crippen LogP contribution in [0.2, 0.25) is 0 Å². The van der Waals surface area contributed by atoms with E-state index < -0.39 is 0 Å². The van der Waals surface area contributed by atoms with Crippen LogP contribution in [0.25, 0.3) is 0 Å². The van der Waals surface area contributed by atoms with Crippen LogP contribution in [-0.4, -0.2) is 5.78 Å². The predicted octanol–water partition coefficient (Wildman–Crippen LogP) is 3.25. The zero-order chi connectivity index (χ0) is 7.15. The van der Waals surface area contributed by atoms with E-state index in [4.69, 9.17) is 0 Å². The van der Waals surface area contributed by atoms with E-state index >= 15 is 0 Å². The fraction of sp³-hybridized carbons (Fsp3) is 0.667. The second-order valence-corrected chi connectivity index (χ2v) is 36.5. The molecular formula is C3H6I3OV. The SMILES string of the molecule is CC(C)=O.[I][V]([I])[I]. The minimum atomic E-state index is -0.278. The van der Waals surface area contributed by atoms with Crippen LogP contribution in [0.5, 0.6) is 0 Å². The summed E-state index contributed by atoms with van der Waals surface area (Å²) in [5, 5.41) is 0. The summed E-state index contributed by atoms with van der Waals surface area (Å²) in [6, 6.07) is 0. The molecule has 0 spiro atoms. The molecule has 0 atom stereocenters. The average molecular weight is 490 g/mol. The Balaban J connectivity index is 0. The summed E-state index contributed by atoms with van der Waals surface area (Å²) >= 11 is 7.39. The number of rotatable bonds is 0. The van der Waals surface area contributed by atoms with E-state index in [1.165, 1.54) is 13.8 Å². The topological polar surface area (TPSA) is 17.1 Å². The molecule has 0 fully saturated rings. The molecule has 0 aromatic carbocycles. The van der Waals surface area contributed by atoms with Crippen molar-refractivity contribution in [2.75, 3.05) is 0 Å². The fourth-order valence-corrected chi connectivity index (χ4v) is 0. The summed E-state index contributed by atoms with van der Waals surface area (Å²) in [5.74, 6) is 0.167. The van der Waals surface area contributed by atoms with Crippen molar-refractivity contribution in [2.24, 2.45) is 0 Å². The summed E-state index contributed by atoms with van der Waals surface area (Å²) in [6.07, 6.45) is 0. The van der Waals surface area contributed by atoms with Crippen molar-refractivity contribution in [3.05, 3.63) is 0 Å². The molecule has 0 unspecified atom stereocenters. The van der Waals surface area contributed by atoms with Gasteiger partial charge in [0.25, 0.3) is 0 Å². The molecule has 0 aliphatic rings. The van der Waals surface area contributed by atoms with Crippen LogP contribution in [0.4, 0.5) is 0 Å². The Morgan fingerprint density at radius 3 is 1.25 bits per heavy atom. The van der Waals surface area contributed by atoms with Gasteiger partial charge in [0.2, 0.25) is 0 Å². The number of carbonyl (C=O) groups excluding carboxylic acids is 1. The third-order valence-corrected chi connectivity index (χ3v) is 0. The van der Waals surface area contributed by atoms with Crippen LogP contribution >= 0.6 is 59.9 Å². The molecule has 0 aromatic rings. The van der Waals surface area contributed by atoms with Gasteiger partial charge in [0, 0.05) is 0 Å². The average Bonchev–Trinajstić information content (AvgIpc) is 1.25.